The van der Waals surface area contributed by atoms with Crippen molar-refractivity contribution in [1.29, 1.82) is 5.53 Å². The third-order valence-electron chi connectivity index (χ3n) is 3.49. The lowest BCUT2D eigenvalue weighted by Crippen LogP contribution is -2.38. The number of hydrogen-bond acceptors (Lipinski definition) is 5. The number of ether oxygens (including phenoxy) is 1. The van der Waals surface area contributed by atoms with Crippen LogP contribution in [0.2, 0.25) is 0 Å². The van der Waals surface area contributed by atoms with Gasteiger partial charge in [0.05, 0.1) is 7.11 Å². The van der Waals surface area contributed by atoms with E-state index in [1.165, 1.54) is 64.9 Å². The molecule has 0 saturated heterocycles. The summed E-state index contributed by atoms with van der Waals surface area (Å²) in [6.45, 7) is 2.88. The van der Waals surface area contributed by atoms with E-state index >= 15 is 0 Å². The lowest BCUT2D eigenvalue weighted by atomic mass is 10.1. The smallest absolute Gasteiger partial charge is 0.446 e. The van der Waals surface area contributed by atoms with Crippen molar-refractivity contribution in [3.05, 3.63) is 0 Å². The van der Waals surface area contributed by atoms with Crippen molar-refractivity contribution in [3.8, 4) is 0 Å². The van der Waals surface area contributed by atoms with Crippen LogP contribution in [0.3, 0.4) is 0 Å². The van der Waals surface area contributed by atoms with Crippen LogP contribution in [-0.2, 0) is 4.74 Å². The molecule has 0 bridgehead atoms. The van der Waals surface area contributed by atoms with Crippen molar-refractivity contribution < 1.29 is 9.53 Å². The molecule has 0 saturated carbocycles. The van der Waals surface area contributed by atoms with Gasteiger partial charge in [-0.25, -0.2) is 10.2 Å². The van der Waals surface area contributed by atoms with Crippen LogP contribution in [0.4, 0.5) is 4.79 Å². The van der Waals surface area contributed by atoms with Crippen LogP contribution in [0.5, 0.6) is 0 Å². The molecular weight excluding hydrogens is 268 g/mol. The summed E-state index contributed by atoms with van der Waals surface area (Å²) in [7, 11) is 1.27. The first kappa shape index (κ1) is 19.8. The van der Waals surface area contributed by atoms with Crippen molar-refractivity contribution in [1.82, 2.24) is 10.5 Å². The zero-order valence-electron chi connectivity index (χ0n) is 13.7. The van der Waals surface area contributed by atoms with E-state index in [9.17, 15) is 4.79 Å². The molecule has 0 aliphatic rings. The molecule has 0 aliphatic carbocycles. The van der Waals surface area contributed by atoms with Crippen LogP contribution in [0.1, 0.15) is 77.6 Å². The second-order valence-corrected chi connectivity index (χ2v) is 5.33. The van der Waals surface area contributed by atoms with Gasteiger partial charge in [-0.1, -0.05) is 76.4 Å². The quantitative estimate of drug-likeness (QED) is 0.274. The van der Waals surface area contributed by atoms with Crippen LogP contribution in [0, 0.1) is 5.53 Å². The van der Waals surface area contributed by atoms with Crippen LogP contribution in [-0.4, -0.2) is 24.9 Å². The number of carbonyl (C=O) groups is 1. The summed E-state index contributed by atoms with van der Waals surface area (Å²) in [6, 6.07) is 0. The van der Waals surface area contributed by atoms with E-state index in [4.69, 9.17) is 5.53 Å². The van der Waals surface area contributed by atoms with Gasteiger partial charge in [0.25, 0.3) is 0 Å². The number of amides is 1. The summed E-state index contributed by atoms with van der Waals surface area (Å²) < 4.78 is 4.47. The molecule has 0 atom stereocenters. The molecule has 2 N–H and O–H groups in total. The van der Waals surface area contributed by atoms with E-state index in [0.717, 1.165) is 18.0 Å². The van der Waals surface area contributed by atoms with Gasteiger partial charge in [-0.05, 0) is 6.42 Å². The molecule has 0 aromatic rings. The number of methoxy groups -OCH3 is 1. The minimum atomic E-state index is -0.659. The van der Waals surface area contributed by atoms with Gasteiger partial charge in [-0.2, -0.15) is 5.53 Å². The highest BCUT2D eigenvalue weighted by atomic mass is 16.6. The number of hydrogen-bond donors (Lipinski definition) is 2. The Hall–Kier alpha value is -1.17. The first-order valence-corrected chi connectivity index (χ1v) is 8.25. The topological polar surface area (TPSA) is 77.8 Å². The molecule has 0 radical (unpaired) electrons. The fourth-order valence-corrected chi connectivity index (χ4v) is 2.20. The first-order valence-electron chi connectivity index (χ1n) is 8.25. The summed E-state index contributed by atoms with van der Waals surface area (Å²) >= 11 is 0. The third kappa shape index (κ3) is 12.3. The Labute approximate surface area is 129 Å². The van der Waals surface area contributed by atoms with Crippen LogP contribution < -0.4 is 5.43 Å². The van der Waals surface area contributed by atoms with Crippen molar-refractivity contribution in [2.24, 2.45) is 5.22 Å². The fourth-order valence-electron chi connectivity index (χ4n) is 2.20. The highest BCUT2D eigenvalue weighted by Gasteiger charge is 2.10. The van der Waals surface area contributed by atoms with Gasteiger partial charge in [0.2, 0.25) is 0 Å². The van der Waals surface area contributed by atoms with E-state index in [0.29, 0.717) is 6.54 Å². The number of nitrogens with one attached hydrogen (secondary N) is 2. The predicted octanol–water partition coefficient (Wildman–Crippen LogP) is 4.82. The number of carbonyl (C=O) groups excluding carboxylic acids is 1. The van der Waals surface area contributed by atoms with Crippen molar-refractivity contribution in [2.45, 2.75) is 77.6 Å². The molecule has 0 heterocycles. The Balaban J connectivity index is 3.25. The van der Waals surface area contributed by atoms with Crippen LogP contribution in [0.15, 0.2) is 5.22 Å². The van der Waals surface area contributed by atoms with E-state index in [1.807, 2.05) is 0 Å². The Bertz CT molecular complexity index is 262. The Morgan fingerprint density at radius 3 is 1.90 bits per heavy atom. The molecular formula is C15H32N4O2. The summed E-state index contributed by atoms with van der Waals surface area (Å²) in [6.07, 6.45) is 13.5. The molecule has 0 aromatic heterocycles. The van der Waals surface area contributed by atoms with E-state index in [1.54, 1.807) is 0 Å². The summed E-state index contributed by atoms with van der Waals surface area (Å²) in [5, 5.41) is 3.86. The van der Waals surface area contributed by atoms with Gasteiger partial charge in [-0.15, -0.1) is 5.12 Å². The van der Waals surface area contributed by atoms with Crippen molar-refractivity contribution in [2.75, 3.05) is 13.7 Å². The van der Waals surface area contributed by atoms with Gasteiger partial charge < -0.3 is 4.74 Å². The van der Waals surface area contributed by atoms with Crippen LogP contribution in [0.25, 0.3) is 0 Å². The van der Waals surface area contributed by atoms with Gasteiger partial charge in [0.15, 0.2) is 0 Å². The number of nitrogens with zero attached hydrogens (tertiary/aromatic N) is 2. The molecule has 0 rings (SSSR count). The Morgan fingerprint density at radius 2 is 1.48 bits per heavy atom. The van der Waals surface area contributed by atoms with E-state index in [2.05, 4.69) is 22.3 Å². The fraction of sp³-hybridized carbons (Fsp3) is 0.933. The average Bonchev–Trinajstić information content (AvgIpc) is 2.51. The maximum absolute atomic E-state index is 11.1. The SMILES string of the molecule is CCCCCCCCCCCCCNN(N=N)C(=O)OC. The van der Waals surface area contributed by atoms with Gasteiger partial charge >= 0.3 is 6.09 Å². The zero-order valence-corrected chi connectivity index (χ0v) is 13.7. The summed E-state index contributed by atoms with van der Waals surface area (Å²) in [4.78, 5) is 11.1. The molecule has 0 fully saturated rings. The molecule has 0 unspecified atom stereocenters. The second-order valence-electron chi connectivity index (χ2n) is 5.33. The number of unbranched alkanes of at least 4 members (excludes halogenated alkanes) is 10. The molecule has 0 spiro atoms. The van der Waals surface area contributed by atoms with Gasteiger partial charge in [0.1, 0.15) is 0 Å². The molecule has 124 valence electrons. The van der Waals surface area contributed by atoms with Crippen molar-refractivity contribution in [3.63, 3.8) is 0 Å². The molecule has 6 nitrogen and oxygen atoms in total. The predicted molar refractivity (Wildman–Crippen MR) is 83.9 cm³/mol. The highest BCUT2D eigenvalue weighted by molar-refractivity contribution is 5.66. The molecule has 21 heavy (non-hydrogen) atoms. The maximum atomic E-state index is 11.1. The average molecular weight is 300 g/mol. The maximum Gasteiger partial charge on any atom is 0.446 e. The highest BCUT2D eigenvalue weighted by Crippen LogP contribution is 2.11. The lowest BCUT2D eigenvalue weighted by molar-refractivity contribution is 0.0956. The Kier molecular flexibility index (Phi) is 14.4. The largest absolute Gasteiger partial charge is 0.450 e. The normalized spacial score (nSPS) is 10.4. The van der Waals surface area contributed by atoms with Gasteiger partial charge in [0, 0.05) is 6.54 Å². The zero-order chi connectivity index (χ0) is 15.8. The summed E-state index contributed by atoms with van der Waals surface area (Å²) in [5.41, 5.74) is 9.59. The van der Waals surface area contributed by atoms with E-state index < -0.39 is 6.09 Å². The van der Waals surface area contributed by atoms with Gasteiger partial charge in [-0.3, -0.25) is 0 Å². The number of hydrazine groups is 1. The molecule has 6 heteroatoms. The minimum absolute atomic E-state index is 0.633. The molecule has 0 aromatic carbocycles. The minimum Gasteiger partial charge on any atom is -0.450 e. The number of rotatable bonds is 14. The molecule has 0 aliphatic heterocycles. The van der Waals surface area contributed by atoms with E-state index in [-0.39, 0.29) is 0 Å². The standard InChI is InChI=1S/C15H32N4O2/c1-3-4-5-6-7-8-9-10-11-12-13-14-17-19(18-16)15(20)21-2/h16-17H,3-14H2,1-2H3. The first-order chi connectivity index (χ1) is 10.3. The lowest BCUT2D eigenvalue weighted by Gasteiger charge is -2.13. The third-order valence-corrected chi connectivity index (χ3v) is 3.49. The Morgan fingerprint density at radius 1 is 1.00 bits per heavy atom. The summed E-state index contributed by atoms with van der Waals surface area (Å²) in [5.74, 6) is 0. The molecule has 1 amide bonds. The monoisotopic (exact) mass is 300 g/mol. The van der Waals surface area contributed by atoms with Crippen LogP contribution >= 0.6 is 0 Å². The second kappa shape index (κ2) is 15.2. The van der Waals surface area contributed by atoms with Crippen molar-refractivity contribution >= 4 is 6.09 Å².